The number of aryl methyl sites for hydroxylation is 1. The molecule has 9 heteroatoms. The van der Waals surface area contributed by atoms with Crippen molar-refractivity contribution >= 4 is 11.8 Å². The molecular formula is C19H28N6O3. The minimum atomic E-state index is -0.506. The third-order valence-electron chi connectivity index (χ3n) is 5.76. The Labute approximate surface area is 163 Å². The van der Waals surface area contributed by atoms with Crippen molar-refractivity contribution in [1.29, 1.82) is 0 Å². The highest BCUT2D eigenvalue weighted by Crippen LogP contribution is 2.28. The van der Waals surface area contributed by atoms with Crippen molar-refractivity contribution in [1.82, 2.24) is 19.9 Å². The normalized spacial score (nSPS) is 25.6. The number of piperidine rings is 1. The van der Waals surface area contributed by atoms with Gasteiger partial charge in [-0.05, 0) is 45.1 Å². The second-order valence-corrected chi connectivity index (χ2v) is 7.76. The Balaban J connectivity index is 1.53. The first-order valence-electron chi connectivity index (χ1n) is 10.2. The Morgan fingerprint density at radius 2 is 2.04 bits per heavy atom. The van der Waals surface area contributed by atoms with Gasteiger partial charge in [-0.1, -0.05) is 18.0 Å². The molecule has 2 fully saturated rings. The number of anilines is 2. The van der Waals surface area contributed by atoms with Crippen molar-refractivity contribution in [2.45, 2.75) is 70.1 Å². The number of hydrogen-bond acceptors (Lipinski definition) is 8. The van der Waals surface area contributed by atoms with Gasteiger partial charge in [-0.3, -0.25) is 4.79 Å². The molecule has 2 N–H and O–H groups in total. The van der Waals surface area contributed by atoms with Gasteiger partial charge in [-0.25, -0.2) is 4.68 Å². The molecule has 28 heavy (non-hydrogen) atoms. The highest BCUT2D eigenvalue weighted by molar-refractivity contribution is 5.39. The molecule has 0 bridgehead atoms. The van der Waals surface area contributed by atoms with Crippen molar-refractivity contribution in [3.8, 4) is 0 Å². The number of aliphatic hydroxyl groups excluding tert-OH is 1. The van der Waals surface area contributed by atoms with E-state index >= 15 is 0 Å². The zero-order valence-corrected chi connectivity index (χ0v) is 16.3. The fraction of sp³-hybridized carbons (Fsp3) is 0.684. The lowest BCUT2D eigenvalue weighted by atomic mass is 9.93. The molecule has 4 rings (SSSR count). The van der Waals surface area contributed by atoms with Crippen LogP contribution in [0.5, 0.6) is 0 Å². The third kappa shape index (κ3) is 4.04. The van der Waals surface area contributed by atoms with Gasteiger partial charge in [-0.2, -0.15) is 10.1 Å². The topological polar surface area (TPSA) is 109 Å². The second-order valence-electron chi connectivity index (χ2n) is 7.76. The van der Waals surface area contributed by atoms with E-state index in [0.29, 0.717) is 18.4 Å². The quantitative estimate of drug-likeness (QED) is 0.799. The van der Waals surface area contributed by atoms with Crippen LogP contribution in [0.1, 0.15) is 56.8 Å². The first-order chi connectivity index (χ1) is 13.6. The van der Waals surface area contributed by atoms with Gasteiger partial charge >= 0.3 is 6.01 Å². The van der Waals surface area contributed by atoms with Crippen molar-refractivity contribution in [3.05, 3.63) is 28.3 Å². The lowest BCUT2D eigenvalue weighted by Gasteiger charge is -2.37. The molecule has 2 aromatic rings. The Morgan fingerprint density at radius 3 is 2.82 bits per heavy atom. The summed E-state index contributed by atoms with van der Waals surface area (Å²) in [5, 5.41) is 22.1. The van der Waals surface area contributed by atoms with E-state index in [4.69, 9.17) is 4.52 Å². The first kappa shape index (κ1) is 18.9. The Morgan fingerprint density at radius 1 is 1.21 bits per heavy atom. The van der Waals surface area contributed by atoms with Gasteiger partial charge < -0.3 is 19.8 Å². The fourth-order valence-corrected chi connectivity index (χ4v) is 4.27. The summed E-state index contributed by atoms with van der Waals surface area (Å²) in [5.41, 5.74) is -0.150. The SMILES string of the molecule is Cc1noc(NCC2CCCCN2c2ccc(=O)n(C3CCCCC3O)n2)n1. The molecule has 0 amide bonds. The van der Waals surface area contributed by atoms with Crippen LogP contribution < -0.4 is 15.8 Å². The van der Waals surface area contributed by atoms with Crippen LogP contribution in [-0.4, -0.2) is 50.3 Å². The molecule has 1 aliphatic carbocycles. The highest BCUT2D eigenvalue weighted by Gasteiger charge is 2.29. The smallest absolute Gasteiger partial charge is 0.321 e. The summed E-state index contributed by atoms with van der Waals surface area (Å²) in [6, 6.07) is 3.78. The fourth-order valence-electron chi connectivity index (χ4n) is 4.27. The molecular weight excluding hydrogens is 360 g/mol. The summed E-state index contributed by atoms with van der Waals surface area (Å²) >= 11 is 0. The lowest BCUT2D eigenvalue weighted by molar-refractivity contribution is 0.0669. The molecule has 2 aliphatic rings. The molecule has 0 radical (unpaired) electrons. The minimum absolute atomic E-state index is 0.150. The molecule has 2 aromatic heterocycles. The van der Waals surface area contributed by atoms with Gasteiger partial charge in [0.1, 0.15) is 5.82 Å². The van der Waals surface area contributed by atoms with E-state index < -0.39 is 6.10 Å². The van der Waals surface area contributed by atoms with Crippen LogP contribution in [0, 0.1) is 6.92 Å². The summed E-state index contributed by atoms with van der Waals surface area (Å²) in [6.07, 6.45) is 6.28. The average molecular weight is 388 g/mol. The minimum Gasteiger partial charge on any atom is -0.391 e. The Bertz CT molecular complexity index is 850. The van der Waals surface area contributed by atoms with Crippen LogP contribution >= 0.6 is 0 Å². The van der Waals surface area contributed by atoms with Gasteiger partial charge in [0.2, 0.25) is 0 Å². The van der Waals surface area contributed by atoms with Gasteiger partial charge in [0, 0.05) is 25.2 Å². The largest absolute Gasteiger partial charge is 0.391 e. The monoisotopic (exact) mass is 388 g/mol. The summed E-state index contributed by atoms with van der Waals surface area (Å²) in [6.45, 7) is 3.33. The van der Waals surface area contributed by atoms with Gasteiger partial charge in [-0.15, -0.1) is 0 Å². The molecule has 1 saturated carbocycles. The predicted molar refractivity (Wildman–Crippen MR) is 105 cm³/mol. The van der Waals surface area contributed by atoms with Crippen molar-refractivity contribution in [2.75, 3.05) is 23.3 Å². The molecule has 0 spiro atoms. The number of hydrogen-bond donors (Lipinski definition) is 2. The van der Waals surface area contributed by atoms with E-state index in [1.807, 2.05) is 0 Å². The number of nitrogens with one attached hydrogen (secondary N) is 1. The van der Waals surface area contributed by atoms with Crippen LogP contribution in [-0.2, 0) is 0 Å². The van der Waals surface area contributed by atoms with Gasteiger partial charge in [0.05, 0.1) is 12.1 Å². The van der Waals surface area contributed by atoms with Crippen LogP contribution in [0.3, 0.4) is 0 Å². The van der Waals surface area contributed by atoms with Gasteiger partial charge in [0.15, 0.2) is 5.82 Å². The summed E-state index contributed by atoms with van der Waals surface area (Å²) in [4.78, 5) is 18.9. The van der Waals surface area contributed by atoms with Crippen LogP contribution in [0.2, 0.25) is 0 Å². The van der Waals surface area contributed by atoms with E-state index in [0.717, 1.165) is 57.3 Å². The summed E-state index contributed by atoms with van der Waals surface area (Å²) in [5.74, 6) is 1.38. The number of aliphatic hydroxyl groups is 1. The van der Waals surface area contributed by atoms with Crippen LogP contribution in [0.25, 0.3) is 0 Å². The molecule has 3 unspecified atom stereocenters. The highest BCUT2D eigenvalue weighted by atomic mass is 16.5. The number of aromatic nitrogens is 4. The van der Waals surface area contributed by atoms with E-state index in [-0.39, 0.29) is 17.6 Å². The molecule has 0 aromatic carbocycles. The second kappa shape index (κ2) is 8.30. The lowest BCUT2D eigenvalue weighted by Crippen LogP contribution is -2.45. The Hall–Kier alpha value is -2.42. The van der Waals surface area contributed by atoms with E-state index in [1.165, 1.54) is 4.68 Å². The Kier molecular flexibility index (Phi) is 5.61. The van der Waals surface area contributed by atoms with E-state index in [1.54, 1.807) is 19.1 Å². The maximum atomic E-state index is 12.4. The van der Waals surface area contributed by atoms with Crippen molar-refractivity contribution in [2.24, 2.45) is 0 Å². The van der Waals surface area contributed by atoms with E-state index in [2.05, 4.69) is 25.5 Å². The molecule has 9 nitrogen and oxygen atoms in total. The zero-order chi connectivity index (χ0) is 19.5. The van der Waals surface area contributed by atoms with E-state index in [9.17, 15) is 9.90 Å². The van der Waals surface area contributed by atoms with Gasteiger partial charge in [0.25, 0.3) is 5.56 Å². The van der Waals surface area contributed by atoms with Crippen LogP contribution in [0.15, 0.2) is 21.5 Å². The van der Waals surface area contributed by atoms with Crippen LogP contribution in [0.4, 0.5) is 11.8 Å². The predicted octanol–water partition coefficient (Wildman–Crippen LogP) is 1.88. The maximum Gasteiger partial charge on any atom is 0.321 e. The molecule has 3 heterocycles. The number of nitrogens with zero attached hydrogens (tertiary/aromatic N) is 5. The zero-order valence-electron chi connectivity index (χ0n) is 16.3. The molecule has 1 saturated heterocycles. The molecule has 152 valence electrons. The summed E-state index contributed by atoms with van der Waals surface area (Å²) < 4.78 is 6.64. The van der Waals surface area contributed by atoms with Crippen molar-refractivity contribution < 1.29 is 9.63 Å². The van der Waals surface area contributed by atoms with Crippen molar-refractivity contribution in [3.63, 3.8) is 0 Å². The average Bonchev–Trinajstić information content (AvgIpc) is 3.13. The third-order valence-corrected chi connectivity index (χ3v) is 5.76. The molecule has 1 aliphatic heterocycles. The standard InChI is InChI=1S/C19H28N6O3/c1-13-21-19(28-23-13)20-12-14-6-4-5-11-24(14)17-9-10-18(27)25(22-17)15-7-2-3-8-16(15)26/h9-10,14-16,26H,2-8,11-12H2,1H3,(H,20,21,23). The number of rotatable bonds is 5. The molecule has 3 atom stereocenters. The summed E-state index contributed by atoms with van der Waals surface area (Å²) in [7, 11) is 0. The first-order valence-corrected chi connectivity index (χ1v) is 10.2. The maximum absolute atomic E-state index is 12.4.